The first-order chi connectivity index (χ1) is 17.4. The van der Waals surface area contributed by atoms with Crippen LogP contribution in [-0.2, 0) is 16.4 Å². The average Bonchev–Trinajstić information content (AvgIpc) is 3.64. The summed E-state index contributed by atoms with van der Waals surface area (Å²) in [5, 5.41) is 3.73. The van der Waals surface area contributed by atoms with E-state index in [1.54, 1.807) is 6.92 Å². The number of carbonyl (C=O) groups excluding carboxylic acids is 1. The maximum atomic E-state index is 15.3. The van der Waals surface area contributed by atoms with Gasteiger partial charge in [0, 0.05) is 50.1 Å². The molecule has 1 aliphatic rings. The molecule has 198 valence electrons. The maximum Gasteiger partial charge on any atom is 0.414 e. The van der Waals surface area contributed by atoms with Gasteiger partial charge in [0.2, 0.25) is 10.0 Å². The number of amides is 1. The number of nitrogens with zero attached hydrogens (tertiary/aromatic N) is 1. The maximum absolute atomic E-state index is 15.3. The Hall–Kier alpha value is -3.15. The van der Waals surface area contributed by atoms with Gasteiger partial charge in [-0.3, -0.25) is 4.72 Å². The minimum atomic E-state index is -3.77. The highest BCUT2D eigenvalue weighted by molar-refractivity contribution is 7.92. The third-order valence-corrected chi connectivity index (χ3v) is 7.56. The number of hydrogen-bond acceptors (Lipinski definition) is 7. The summed E-state index contributed by atoms with van der Waals surface area (Å²) in [4.78, 5) is 25.9. The van der Waals surface area contributed by atoms with Crippen LogP contribution in [0.25, 0.3) is 11.0 Å². The number of carbonyl (C=O) groups is 1. The van der Waals surface area contributed by atoms with Gasteiger partial charge >= 0.3 is 11.7 Å². The van der Waals surface area contributed by atoms with Crippen LogP contribution in [0.15, 0.2) is 39.5 Å². The molecule has 2 N–H and O–H groups in total. The van der Waals surface area contributed by atoms with Crippen molar-refractivity contribution in [2.45, 2.75) is 32.2 Å². The van der Waals surface area contributed by atoms with E-state index in [9.17, 15) is 18.0 Å². The van der Waals surface area contributed by atoms with Crippen LogP contribution in [0.1, 0.15) is 29.5 Å². The van der Waals surface area contributed by atoms with Gasteiger partial charge in [0.05, 0.1) is 16.5 Å². The Kier molecular flexibility index (Phi) is 7.77. The van der Waals surface area contributed by atoms with Crippen molar-refractivity contribution in [2.75, 3.05) is 31.1 Å². The summed E-state index contributed by atoms with van der Waals surface area (Å²) in [5.74, 6) is -0.932. The molecule has 12 heteroatoms. The molecule has 0 atom stereocenters. The lowest BCUT2D eigenvalue weighted by atomic mass is 9.99. The topological polar surface area (TPSA) is 118 Å². The predicted molar refractivity (Wildman–Crippen MR) is 140 cm³/mol. The van der Waals surface area contributed by atoms with Crippen molar-refractivity contribution in [2.24, 2.45) is 0 Å². The van der Waals surface area contributed by atoms with Gasteiger partial charge in [-0.2, -0.15) is 0 Å². The lowest BCUT2D eigenvalue weighted by molar-refractivity contribution is 0.172. The third-order valence-electron chi connectivity index (χ3n) is 5.99. The van der Waals surface area contributed by atoms with Gasteiger partial charge in [-0.25, -0.2) is 22.4 Å². The number of benzene rings is 2. The number of nitrogens with one attached hydrogen (secondary N) is 2. The average molecular weight is 552 g/mol. The molecule has 9 nitrogen and oxygen atoms in total. The van der Waals surface area contributed by atoms with Crippen LogP contribution in [0.3, 0.4) is 0 Å². The second-order valence-corrected chi connectivity index (χ2v) is 11.4. The van der Waals surface area contributed by atoms with Gasteiger partial charge in [0.25, 0.3) is 0 Å². The summed E-state index contributed by atoms with van der Waals surface area (Å²) in [6.45, 7) is 1.95. The number of sulfonamides is 1. The summed E-state index contributed by atoms with van der Waals surface area (Å²) in [6.07, 6.45) is 1.28. The van der Waals surface area contributed by atoms with E-state index in [2.05, 4.69) is 10.0 Å². The molecule has 2 aromatic carbocycles. The lowest BCUT2D eigenvalue weighted by Crippen LogP contribution is -2.28. The van der Waals surface area contributed by atoms with E-state index in [-0.39, 0.29) is 51.9 Å². The Morgan fingerprint density at radius 2 is 2.00 bits per heavy atom. The van der Waals surface area contributed by atoms with Gasteiger partial charge in [-0.1, -0.05) is 23.7 Å². The van der Waals surface area contributed by atoms with E-state index in [1.165, 1.54) is 49.3 Å². The summed E-state index contributed by atoms with van der Waals surface area (Å²) in [7, 11) is -0.743. The standard InChI is InChI=1S/C25H27ClFN3O6S/c1-14-17-12-19(26)22(36-25(32)30(2)3)13-21(17)35-24(31)18(14)11-15-5-4-6-20(23(15)27)29-37(33,34)10-9-28-16-7-8-16/h4-6,12-13,16,28-29H,7-11H2,1-3H3. The summed E-state index contributed by atoms with van der Waals surface area (Å²) in [6, 6.07) is 7.54. The first-order valence-corrected chi connectivity index (χ1v) is 13.6. The zero-order valence-electron chi connectivity index (χ0n) is 20.6. The minimum absolute atomic E-state index is 0.0292. The van der Waals surface area contributed by atoms with E-state index < -0.39 is 27.6 Å². The molecule has 37 heavy (non-hydrogen) atoms. The molecule has 0 saturated heterocycles. The van der Waals surface area contributed by atoms with Crippen LogP contribution in [0.4, 0.5) is 14.9 Å². The van der Waals surface area contributed by atoms with Crippen molar-refractivity contribution < 1.29 is 26.8 Å². The number of anilines is 1. The van der Waals surface area contributed by atoms with Crippen LogP contribution in [0.5, 0.6) is 5.75 Å². The highest BCUT2D eigenvalue weighted by Gasteiger charge is 2.23. The van der Waals surface area contributed by atoms with Gasteiger partial charge < -0.3 is 19.4 Å². The molecule has 1 saturated carbocycles. The number of aryl methyl sites for hydroxylation is 1. The number of halogens is 2. The quantitative estimate of drug-likeness (QED) is 0.385. The van der Waals surface area contributed by atoms with Crippen molar-refractivity contribution in [3.8, 4) is 5.75 Å². The molecule has 0 bridgehead atoms. The van der Waals surface area contributed by atoms with Crippen molar-refractivity contribution in [1.82, 2.24) is 10.2 Å². The molecule has 1 aliphatic carbocycles. The monoisotopic (exact) mass is 551 g/mol. The molecular formula is C25H27ClFN3O6S. The Bertz CT molecular complexity index is 1520. The molecular weight excluding hydrogens is 525 g/mol. The lowest BCUT2D eigenvalue weighted by Gasteiger charge is -2.14. The second-order valence-electron chi connectivity index (χ2n) is 9.14. The highest BCUT2D eigenvalue weighted by atomic mass is 35.5. The van der Waals surface area contributed by atoms with Crippen LogP contribution in [0, 0.1) is 12.7 Å². The molecule has 1 amide bonds. The van der Waals surface area contributed by atoms with E-state index in [0.717, 1.165) is 12.8 Å². The van der Waals surface area contributed by atoms with Crippen LogP contribution >= 0.6 is 11.6 Å². The van der Waals surface area contributed by atoms with Crippen molar-refractivity contribution >= 4 is 44.4 Å². The van der Waals surface area contributed by atoms with Crippen molar-refractivity contribution in [3.05, 3.63) is 68.3 Å². The van der Waals surface area contributed by atoms with Crippen LogP contribution in [-0.4, -0.2) is 51.8 Å². The number of ether oxygens (including phenoxy) is 1. The summed E-state index contributed by atoms with van der Waals surface area (Å²) in [5.41, 5.74) is 0.0767. The van der Waals surface area contributed by atoms with E-state index in [0.29, 0.717) is 17.0 Å². The molecule has 0 unspecified atom stereocenters. The first kappa shape index (κ1) is 26.9. The van der Waals surface area contributed by atoms with Gasteiger partial charge in [0.15, 0.2) is 11.6 Å². The largest absolute Gasteiger partial charge is 0.422 e. The molecule has 3 aromatic rings. The smallest absolute Gasteiger partial charge is 0.414 e. The summed E-state index contributed by atoms with van der Waals surface area (Å²) >= 11 is 6.30. The van der Waals surface area contributed by atoms with Gasteiger partial charge in [0.1, 0.15) is 5.58 Å². The Morgan fingerprint density at radius 1 is 1.27 bits per heavy atom. The molecule has 0 spiro atoms. The zero-order chi connectivity index (χ0) is 26.9. The van der Waals surface area contributed by atoms with E-state index >= 15 is 4.39 Å². The minimum Gasteiger partial charge on any atom is -0.422 e. The third kappa shape index (κ3) is 6.41. The van der Waals surface area contributed by atoms with Crippen molar-refractivity contribution in [3.63, 3.8) is 0 Å². The van der Waals surface area contributed by atoms with E-state index in [1.807, 2.05) is 0 Å². The molecule has 4 rings (SSSR count). The predicted octanol–water partition coefficient (Wildman–Crippen LogP) is 4.04. The molecule has 1 fully saturated rings. The second kappa shape index (κ2) is 10.7. The van der Waals surface area contributed by atoms with Crippen LogP contribution in [0.2, 0.25) is 5.02 Å². The fraction of sp³-hybridized carbons (Fsp3) is 0.360. The fourth-order valence-corrected chi connectivity index (χ4v) is 4.93. The van der Waals surface area contributed by atoms with E-state index in [4.69, 9.17) is 20.8 Å². The Labute approximate surface area is 218 Å². The number of rotatable bonds is 9. The zero-order valence-corrected chi connectivity index (χ0v) is 22.1. The van der Waals surface area contributed by atoms with Gasteiger partial charge in [-0.15, -0.1) is 0 Å². The Balaban J connectivity index is 1.60. The summed E-state index contributed by atoms with van der Waals surface area (Å²) < 4.78 is 53.1. The number of fused-ring (bicyclic) bond motifs is 1. The highest BCUT2D eigenvalue weighted by Crippen LogP contribution is 2.33. The number of hydrogen-bond donors (Lipinski definition) is 2. The first-order valence-electron chi connectivity index (χ1n) is 11.6. The van der Waals surface area contributed by atoms with Crippen LogP contribution < -0.4 is 20.4 Å². The molecule has 1 heterocycles. The van der Waals surface area contributed by atoms with Gasteiger partial charge in [-0.05, 0) is 43.0 Å². The molecule has 1 aromatic heterocycles. The normalized spacial score (nSPS) is 13.5. The molecule has 0 aliphatic heterocycles. The fourth-order valence-electron chi connectivity index (χ4n) is 3.75. The SMILES string of the molecule is Cc1c(Cc2cccc(NS(=O)(=O)CCNC3CC3)c2F)c(=O)oc2cc(OC(=O)N(C)C)c(Cl)cc12. The Morgan fingerprint density at radius 3 is 2.68 bits per heavy atom. The van der Waals surface area contributed by atoms with Crippen molar-refractivity contribution in [1.29, 1.82) is 0 Å². The molecule has 0 radical (unpaired) electrons.